The number of furan rings is 1. The van der Waals surface area contributed by atoms with Crippen LogP contribution < -0.4 is 4.90 Å². The van der Waals surface area contributed by atoms with Gasteiger partial charge in [0.2, 0.25) is 17.6 Å². The fraction of sp³-hybridized carbons (Fsp3) is 0.160. The second-order valence-corrected chi connectivity index (χ2v) is 8.60. The van der Waals surface area contributed by atoms with Gasteiger partial charge in [-0.3, -0.25) is 14.4 Å². The first kappa shape index (κ1) is 19.1. The second-order valence-electron chi connectivity index (χ2n) is 8.16. The van der Waals surface area contributed by atoms with Gasteiger partial charge in [-0.15, -0.1) is 0 Å². The summed E-state index contributed by atoms with van der Waals surface area (Å²) in [5, 5.41) is 0.511. The van der Waals surface area contributed by atoms with Crippen molar-refractivity contribution in [3.63, 3.8) is 0 Å². The number of carbonyl (C=O) groups excluding carboxylic acids is 3. The molecule has 2 saturated heterocycles. The number of Topliss-reactive ketones (excluding diaryl/α,β-unsaturated/α-hetero) is 1. The number of amides is 2. The van der Waals surface area contributed by atoms with Crippen LogP contribution in [0.25, 0.3) is 6.08 Å². The summed E-state index contributed by atoms with van der Waals surface area (Å²) in [6, 6.07) is 16.3. The van der Waals surface area contributed by atoms with E-state index in [1.807, 2.05) is 41.4 Å². The van der Waals surface area contributed by atoms with Crippen molar-refractivity contribution < 1.29 is 18.8 Å². The molecule has 0 saturated carbocycles. The van der Waals surface area contributed by atoms with E-state index in [4.69, 9.17) is 16.0 Å². The molecule has 0 bridgehead atoms. The fourth-order valence-corrected chi connectivity index (χ4v) is 5.39. The molecular weight excluding hydrogens is 428 g/mol. The van der Waals surface area contributed by atoms with E-state index in [-0.39, 0.29) is 23.4 Å². The number of hydrogen-bond acceptors (Lipinski definition) is 5. The maximum atomic E-state index is 13.7. The maximum Gasteiger partial charge on any atom is 0.240 e. The van der Waals surface area contributed by atoms with Crippen LogP contribution in [0.4, 0.5) is 5.69 Å². The molecule has 4 atom stereocenters. The van der Waals surface area contributed by atoms with Crippen molar-refractivity contribution in [1.82, 2.24) is 4.90 Å². The molecule has 3 aliphatic rings. The van der Waals surface area contributed by atoms with Crippen LogP contribution in [0, 0.1) is 11.8 Å². The van der Waals surface area contributed by atoms with Crippen LogP contribution in [0.15, 0.2) is 77.5 Å². The van der Waals surface area contributed by atoms with Crippen LogP contribution in [0.5, 0.6) is 0 Å². The minimum absolute atomic E-state index is 0.173. The smallest absolute Gasteiger partial charge is 0.240 e. The molecule has 0 spiro atoms. The molecule has 158 valence electrons. The molecule has 0 N–H and O–H groups in total. The lowest BCUT2D eigenvalue weighted by Gasteiger charge is -2.35. The van der Waals surface area contributed by atoms with Gasteiger partial charge in [0.25, 0.3) is 0 Å². The summed E-state index contributed by atoms with van der Waals surface area (Å²) >= 11 is 6.00. The van der Waals surface area contributed by atoms with Crippen LogP contribution in [0.3, 0.4) is 0 Å². The molecule has 2 fully saturated rings. The second kappa shape index (κ2) is 6.93. The Balaban J connectivity index is 1.50. The van der Waals surface area contributed by atoms with Crippen LogP contribution in [0.1, 0.15) is 27.7 Å². The Labute approximate surface area is 188 Å². The van der Waals surface area contributed by atoms with Gasteiger partial charge in [0, 0.05) is 11.2 Å². The lowest BCUT2D eigenvalue weighted by Crippen LogP contribution is -2.44. The van der Waals surface area contributed by atoms with E-state index in [0.717, 1.165) is 11.1 Å². The number of anilines is 1. The summed E-state index contributed by atoms with van der Waals surface area (Å²) < 4.78 is 5.37. The highest BCUT2D eigenvalue weighted by molar-refractivity contribution is 6.31. The predicted octanol–water partition coefficient (Wildman–Crippen LogP) is 4.33. The molecule has 6 rings (SSSR count). The minimum atomic E-state index is -0.838. The van der Waals surface area contributed by atoms with Gasteiger partial charge in [0.1, 0.15) is 6.04 Å². The largest absolute Gasteiger partial charge is 0.461 e. The van der Waals surface area contributed by atoms with Crippen LogP contribution >= 0.6 is 11.6 Å². The van der Waals surface area contributed by atoms with E-state index in [9.17, 15) is 14.4 Å². The summed E-state index contributed by atoms with van der Waals surface area (Å²) in [5.74, 6) is -2.34. The van der Waals surface area contributed by atoms with E-state index in [1.54, 1.807) is 36.4 Å². The molecule has 6 nitrogen and oxygen atoms in total. The maximum absolute atomic E-state index is 13.7. The molecular formula is C25H17ClN2O4. The quantitative estimate of drug-likeness (QED) is 0.444. The van der Waals surface area contributed by atoms with Gasteiger partial charge in [-0.2, -0.15) is 0 Å². The van der Waals surface area contributed by atoms with E-state index in [1.165, 1.54) is 11.2 Å². The molecule has 0 aliphatic carbocycles. The topological polar surface area (TPSA) is 70.8 Å². The molecule has 4 unspecified atom stereocenters. The zero-order chi connectivity index (χ0) is 22.0. The average molecular weight is 445 g/mol. The molecule has 3 aliphatic heterocycles. The lowest BCUT2D eigenvalue weighted by molar-refractivity contribution is -0.123. The monoisotopic (exact) mass is 444 g/mol. The van der Waals surface area contributed by atoms with E-state index < -0.39 is 23.9 Å². The number of rotatable bonds is 3. The van der Waals surface area contributed by atoms with Crippen molar-refractivity contribution in [1.29, 1.82) is 0 Å². The number of nitrogens with zero attached hydrogens (tertiary/aromatic N) is 2. The first-order valence-corrected chi connectivity index (χ1v) is 10.7. The summed E-state index contributed by atoms with van der Waals surface area (Å²) in [6.45, 7) is 0. The SMILES string of the molecule is O=C(c1ccco1)C1C2C(=O)N(c3ccc(Cl)cc3)C(=O)C2C2c3ccccc3C=CN12. The Morgan fingerprint density at radius 1 is 0.906 bits per heavy atom. The van der Waals surface area contributed by atoms with Crippen molar-refractivity contribution >= 4 is 41.0 Å². The number of halogens is 1. The van der Waals surface area contributed by atoms with E-state index in [0.29, 0.717) is 10.7 Å². The Kier molecular flexibility index (Phi) is 4.13. The van der Waals surface area contributed by atoms with Gasteiger partial charge < -0.3 is 9.32 Å². The van der Waals surface area contributed by atoms with Gasteiger partial charge in [0.15, 0.2) is 5.76 Å². The minimum Gasteiger partial charge on any atom is -0.461 e. The van der Waals surface area contributed by atoms with Gasteiger partial charge in [-0.05, 0) is 53.6 Å². The molecule has 32 heavy (non-hydrogen) atoms. The third-order valence-electron chi connectivity index (χ3n) is 6.58. The Bertz CT molecular complexity index is 1280. The lowest BCUT2D eigenvalue weighted by atomic mass is 9.84. The molecule has 0 radical (unpaired) electrons. The molecule has 2 aromatic carbocycles. The molecule has 4 heterocycles. The number of carbonyl (C=O) groups is 3. The number of benzene rings is 2. The van der Waals surface area contributed by atoms with Crippen LogP contribution in [-0.4, -0.2) is 28.5 Å². The third kappa shape index (κ3) is 2.56. The Morgan fingerprint density at radius 2 is 1.66 bits per heavy atom. The fourth-order valence-electron chi connectivity index (χ4n) is 5.27. The summed E-state index contributed by atoms with van der Waals surface area (Å²) in [4.78, 5) is 43.9. The van der Waals surface area contributed by atoms with Gasteiger partial charge in [-0.25, -0.2) is 4.90 Å². The summed E-state index contributed by atoms with van der Waals surface area (Å²) in [7, 11) is 0. The highest BCUT2D eigenvalue weighted by Crippen LogP contribution is 2.53. The summed E-state index contributed by atoms with van der Waals surface area (Å²) in [6.07, 6.45) is 5.17. The van der Waals surface area contributed by atoms with Crippen molar-refractivity contribution in [2.75, 3.05) is 4.90 Å². The van der Waals surface area contributed by atoms with E-state index in [2.05, 4.69) is 0 Å². The van der Waals surface area contributed by atoms with Crippen molar-refractivity contribution in [2.24, 2.45) is 11.8 Å². The van der Waals surface area contributed by atoms with Crippen LogP contribution in [0.2, 0.25) is 5.02 Å². The van der Waals surface area contributed by atoms with Gasteiger partial charge >= 0.3 is 0 Å². The first-order valence-electron chi connectivity index (χ1n) is 10.3. The first-order chi connectivity index (χ1) is 15.6. The molecule has 7 heteroatoms. The molecule has 1 aromatic heterocycles. The van der Waals surface area contributed by atoms with Gasteiger partial charge in [-0.1, -0.05) is 35.9 Å². The van der Waals surface area contributed by atoms with E-state index >= 15 is 0 Å². The van der Waals surface area contributed by atoms with Crippen molar-refractivity contribution in [2.45, 2.75) is 12.1 Å². The number of fused-ring (bicyclic) bond motifs is 5. The van der Waals surface area contributed by atoms with Crippen LogP contribution in [-0.2, 0) is 9.59 Å². The highest BCUT2D eigenvalue weighted by atomic mass is 35.5. The zero-order valence-corrected chi connectivity index (χ0v) is 17.5. The highest BCUT2D eigenvalue weighted by Gasteiger charge is 2.64. The van der Waals surface area contributed by atoms with Crippen molar-refractivity contribution in [3.8, 4) is 0 Å². The average Bonchev–Trinajstić information content (AvgIpc) is 3.51. The standard InChI is InChI=1S/C25H17ClN2O4/c26-15-7-9-16(10-8-15)28-24(30)19-20(25(28)31)22(23(29)18-6-3-13-32-18)27-12-11-14-4-1-2-5-17(14)21(19)27/h1-13,19-22H. The summed E-state index contributed by atoms with van der Waals surface area (Å²) in [5.41, 5.74) is 2.36. The normalized spacial score (nSPS) is 25.7. The van der Waals surface area contributed by atoms with Crippen molar-refractivity contribution in [3.05, 3.63) is 95.0 Å². The Hall–Kier alpha value is -3.64. The molecule has 2 amide bonds. The zero-order valence-electron chi connectivity index (χ0n) is 16.7. The number of hydrogen-bond donors (Lipinski definition) is 0. The predicted molar refractivity (Wildman–Crippen MR) is 118 cm³/mol. The van der Waals surface area contributed by atoms with Gasteiger partial charge in [0.05, 0.1) is 29.8 Å². The number of imide groups is 1. The molecule has 3 aromatic rings. The Morgan fingerprint density at radius 3 is 2.41 bits per heavy atom. The number of ketones is 1. The third-order valence-corrected chi connectivity index (χ3v) is 6.83.